The number of ether oxygens (including phenoxy) is 1. The van der Waals surface area contributed by atoms with Gasteiger partial charge in [-0.3, -0.25) is 14.5 Å². The third-order valence-corrected chi connectivity index (χ3v) is 3.21. The second-order valence-electron chi connectivity index (χ2n) is 5.63. The van der Waals surface area contributed by atoms with E-state index in [0.29, 0.717) is 45.9 Å². The van der Waals surface area contributed by atoms with Crippen molar-refractivity contribution in [2.24, 2.45) is 5.73 Å². The Morgan fingerprint density at radius 3 is 2.18 bits per heavy atom. The molecule has 0 radical (unpaired) electrons. The maximum absolute atomic E-state index is 12.0. The molecule has 0 aliphatic carbocycles. The molecule has 22 heavy (non-hydrogen) atoms. The summed E-state index contributed by atoms with van der Waals surface area (Å²) in [5, 5.41) is 2.78. The summed E-state index contributed by atoms with van der Waals surface area (Å²) in [5.74, 6) is -0.0531. The number of rotatable bonds is 6. The molecule has 1 fully saturated rings. The molecule has 0 aromatic rings. The molecule has 0 unspecified atom stereocenters. The molecule has 3 N–H and O–H groups in total. The first kappa shape index (κ1) is 23.7. The van der Waals surface area contributed by atoms with Crippen LogP contribution >= 0.6 is 24.8 Å². The van der Waals surface area contributed by atoms with Crippen molar-refractivity contribution in [1.82, 2.24) is 15.1 Å². The lowest BCUT2D eigenvalue weighted by Crippen LogP contribution is -2.57. The Hall–Kier alpha value is -0.600. The van der Waals surface area contributed by atoms with Crippen LogP contribution in [0.4, 0.5) is 0 Å². The van der Waals surface area contributed by atoms with Crippen LogP contribution in [0, 0.1) is 0 Å². The van der Waals surface area contributed by atoms with Crippen LogP contribution < -0.4 is 11.1 Å². The van der Waals surface area contributed by atoms with Gasteiger partial charge in [0.25, 0.3) is 0 Å². The Labute approximate surface area is 144 Å². The number of amides is 2. The van der Waals surface area contributed by atoms with Crippen LogP contribution in [0.25, 0.3) is 0 Å². The molecule has 1 aliphatic rings. The second kappa shape index (κ2) is 11.0. The van der Waals surface area contributed by atoms with Crippen molar-refractivity contribution in [3.8, 4) is 0 Å². The Morgan fingerprint density at radius 2 is 1.73 bits per heavy atom. The molecule has 0 spiro atoms. The molecule has 1 saturated heterocycles. The molecule has 9 heteroatoms. The highest BCUT2D eigenvalue weighted by Gasteiger charge is 2.30. The van der Waals surface area contributed by atoms with Crippen LogP contribution in [-0.4, -0.2) is 80.1 Å². The van der Waals surface area contributed by atoms with Gasteiger partial charge in [0.2, 0.25) is 11.8 Å². The van der Waals surface area contributed by atoms with E-state index in [1.807, 2.05) is 4.90 Å². The zero-order valence-electron chi connectivity index (χ0n) is 13.5. The molecule has 0 saturated carbocycles. The van der Waals surface area contributed by atoms with Gasteiger partial charge in [0.15, 0.2) is 0 Å². The molecule has 132 valence electrons. The monoisotopic (exact) mass is 358 g/mol. The highest BCUT2D eigenvalue weighted by Crippen LogP contribution is 2.08. The van der Waals surface area contributed by atoms with Gasteiger partial charge in [0.1, 0.15) is 0 Å². The summed E-state index contributed by atoms with van der Waals surface area (Å²) < 4.78 is 4.87. The van der Waals surface area contributed by atoms with E-state index < -0.39 is 5.54 Å². The van der Waals surface area contributed by atoms with Gasteiger partial charge in [0.05, 0.1) is 18.7 Å². The SMILES string of the molecule is COCCNC(=O)CN1CCN(C(=O)C(C)(C)N)CC1.Cl.Cl. The van der Waals surface area contributed by atoms with E-state index >= 15 is 0 Å². The zero-order chi connectivity index (χ0) is 15.2. The van der Waals surface area contributed by atoms with Gasteiger partial charge in [-0.05, 0) is 13.8 Å². The summed E-state index contributed by atoms with van der Waals surface area (Å²) in [6.45, 7) is 7.44. The molecule has 2 amide bonds. The third kappa shape index (κ3) is 8.14. The normalized spacial score (nSPS) is 15.5. The van der Waals surface area contributed by atoms with E-state index in [1.165, 1.54) is 0 Å². The fourth-order valence-corrected chi connectivity index (χ4v) is 2.07. The zero-order valence-corrected chi connectivity index (χ0v) is 15.1. The molecular formula is C13H28Cl2N4O3. The number of nitrogens with zero attached hydrogens (tertiary/aromatic N) is 2. The van der Waals surface area contributed by atoms with Crippen LogP contribution in [0.3, 0.4) is 0 Å². The largest absolute Gasteiger partial charge is 0.383 e. The van der Waals surface area contributed by atoms with Gasteiger partial charge < -0.3 is 20.7 Å². The number of hydrogen-bond donors (Lipinski definition) is 2. The molecule has 1 aliphatic heterocycles. The van der Waals surface area contributed by atoms with Crippen molar-refractivity contribution in [3.05, 3.63) is 0 Å². The molecule has 7 nitrogen and oxygen atoms in total. The summed E-state index contributed by atoms with van der Waals surface area (Å²) in [4.78, 5) is 27.5. The number of methoxy groups -OCH3 is 1. The van der Waals surface area contributed by atoms with Crippen molar-refractivity contribution >= 4 is 36.6 Å². The van der Waals surface area contributed by atoms with E-state index in [1.54, 1.807) is 25.9 Å². The van der Waals surface area contributed by atoms with Crippen LogP contribution in [0.1, 0.15) is 13.8 Å². The Morgan fingerprint density at radius 1 is 1.18 bits per heavy atom. The van der Waals surface area contributed by atoms with Gasteiger partial charge in [-0.25, -0.2) is 0 Å². The average molecular weight is 359 g/mol. The van der Waals surface area contributed by atoms with E-state index in [2.05, 4.69) is 5.32 Å². The average Bonchev–Trinajstić information content (AvgIpc) is 2.38. The van der Waals surface area contributed by atoms with Crippen molar-refractivity contribution in [2.45, 2.75) is 19.4 Å². The minimum absolute atomic E-state index is 0. The number of carbonyl (C=O) groups is 2. The van der Waals surface area contributed by atoms with Gasteiger partial charge in [-0.15, -0.1) is 24.8 Å². The first-order valence-corrected chi connectivity index (χ1v) is 6.91. The molecule has 0 atom stereocenters. The lowest BCUT2D eigenvalue weighted by molar-refractivity contribution is -0.137. The highest BCUT2D eigenvalue weighted by atomic mass is 35.5. The number of halogens is 2. The Bertz CT molecular complexity index is 343. The predicted octanol–water partition coefficient (Wildman–Crippen LogP) is -0.526. The predicted molar refractivity (Wildman–Crippen MR) is 90.7 cm³/mol. The number of carbonyl (C=O) groups excluding carboxylic acids is 2. The summed E-state index contributed by atoms with van der Waals surface area (Å²) >= 11 is 0. The van der Waals surface area contributed by atoms with E-state index in [9.17, 15) is 9.59 Å². The summed E-state index contributed by atoms with van der Waals surface area (Å²) in [6, 6.07) is 0. The fraction of sp³-hybridized carbons (Fsp3) is 0.846. The molecular weight excluding hydrogens is 331 g/mol. The van der Waals surface area contributed by atoms with Crippen molar-refractivity contribution in [1.29, 1.82) is 0 Å². The Kier molecular flexibility index (Phi) is 11.8. The lowest BCUT2D eigenvalue weighted by atomic mass is 10.0. The Balaban J connectivity index is 0. The number of piperazine rings is 1. The summed E-state index contributed by atoms with van der Waals surface area (Å²) in [6.07, 6.45) is 0. The minimum Gasteiger partial charge on any atom is -0.383 e. The maximum Gasteiger partial charge on any atom is 0.242 e. The third-order valence-electron chi connectivity index (χ3n) is 3.21. The summed E-state index contributed by atoms with van der Waals surface area (Å²) in [7, 11) is 1.60. The molecule has 1 heterocycles. The van der Waals surface area contributed by atoms with Crippen LogP contribution in [0.15, 0.2) is 0 Å². The van der Waals surface area contributed by atoms with Crippen LogP contribution in [0.5, 0.6) is 0 Å². The highest BCUT2D eigenvalue weighted by molar-refractivity contribution is 5.86. The first-order chi connectivity index (χ1) is 9.34. The molecule has 0 aromatic heterocycles. The smallest absolute Gasteiger partial charge is 0.242 e. The molecule has 0 aromatic carbocycles. The van der Waals surface area contributed by atoms with Crippen molar-refractivity contribution in [3.63, 3.8) is 0 Å². The molecule has 1 rings (SSSR count). The van der Waals surface area contributed by atoms with E-state index in [4.69, 9.17) is 10.5 Å². The van der Waals surface area contributed by atoms with Crippen LogP contribution in [-0.2, 0) is 14.3 Å². The minimum atomic E-state index is -0.834. The summed E-state index contributed by atoms with van der Waals surface area (Å²) in [5.41, 5.74) is 4.98. The van der Waals surface area contributed by atoms with Gasteiger partial charge in [0, 0.05) is 39.8 Å². The van der Waals surface area contributed by atoms with Gasteiger partial charge in [-0.2, -0.15) is 0 Å². The van der Waals surface area contributed by atoms with Gasteiger partial charge in [-0.1, -0.05) is 0 Å². The first-order valence-electron chi connectivity index (χ1n) is 6.91. The lowest BCUT2D eigenvalue weighted by Gasteiger charge is -2.37. The number of nitrogens with two attached hydrogens (primary N) is 1. The van der Waals surface area contributed by atoms with Crippen molar-refractivity contribution < 1.29 is 14.3 Å². The quantitative estimate of drug-likeness (QED) is 0.623. The standard InChI is InChI=1S/C13H26N4O3.2ClH/c1-13(2,14)12(19)17-7-5-16(6-8-17)10-11(18)15-4-9-20-3;;/h4-10,14H2,1-3H3,(H,15,18);2*1H. The van der Waals surface area contributed by atoms with E-state index in [-0.39, 0.29) is 36.6 Å². The second-order valence-corrected chi connectivity index (χ2v) is 5.63. The number of nitrogens with one attached hydrogen (secondary N) is 1. The molecule has 0 bridgehead atoms. The topological polar surface area (TPSA) is 87.9 Å². The number of hydrogen-bond acceptors (Lipinski definition) is 5. The fourth-order valence-electron chi connectivity index (χ4n) is 2.07. The van der Waals surface area contributed by atoms with E-state index in [0.717, 1.165) is 0 Å². The van der Waals surface area contributed by atoms with Crippen molar-refractivity contribution in [2.75, 3.05) is 53.0 Å². The van der Waals surface area contributed by atoms with Gasteiger partial charge >= 0.3 is 0 Å². The maximum atomic E-state index is 12.0. The van der Waals surface area contributed by atoms with Crippen LogP contribution in [0.2, 0.25) is 0 Å².